The van der Waals surface area contributed by atoms with Crippen LogP contribution in [0, 0.1) is 11.8 Å². The van der Waals surface area contributed by atoms with Gasteiger partial charge in [0.15, 0.2) is 0 Å². The van der Waals surface area contributed by atoms with Crippen LogP contribution in [0.4, 0.5) is 0 Å². The zero-order valence-electron chi connectivity index (χ0n) is 10.3. The molecule has 1 saturated carbocycles. The van der Waals surface area contributed by atoms with E-state index in [0.29, 0.717) is 13.0 Å². The Morgan fingerprint density at radius 1 is 1.19 bits per heavy atom. The molecule has 0 radical (unpaired) electrons. The van der Waals surface area contributed by atoms with Crippen molar-refractivity contribution in [1.82, 2.24) is 0 Å². The molecule has 0 aromatic carbocycles. The standard InChI is InChI=1S/C13H22O3/c1-3-11(13(15)16-4-2)12(14)10-8-6-5-7-9-10/h10-11H,3-9H2,1-2H3. The van der Waals surface area contributed by atoms with E-state index in [-0.39, 0.29) is 17.7 Å². The van der Waals surface area contributed by atoms with Gasteiger partial charge in [0, 0.05) is 5.92 Å². The predicted octanol–water partition coefficient (Wildman–Crippen LogP) is 2.73. The van der Waals surface area contributed by atoms with Gasteiger partial charge in [0.1, 0.15) is 11.7 Å². The monoisotopic (exact) mass is 226 g/mol. The van der Waals surface area contributed by atoms with Gasteiger partial charge >= 0.3 is 5.97 Å². The summed E-state index contributed by atoms with van der Waals surface area (Å²) in [6.07, 6.45) is 5.93. The molecule has 1 aliphatic rings. The molecule has 1 fully saturated rings. The Morgan fingerprint density at radius 2 is 1.81 bits per heavy atom. The maximum atomic E-state index is 12.1. The van der Waals surface area contributed by atoms with E-state index in [1.54, 1.807) is 6.92 Å². The number of ether oxygens (including phenoxy) is 1. The van der Waals surface area contributed by atoms with Crippen molar-refractivity contribution in [2.45, 2.75) is 52.4 Å². The second kappa shape index (κ2) is 6.66. The summed E-state index contributed by atoms with van der Waals surface area (Å²) in [7, 11) is 0. The fraction of sp³-hybridized carbons (Fsp3) is 0.846. The van der Waals surface area contributed by atoms with E-state index >= 15 is 0 Å². The maximum Gasteiger partial charge on any atom is 0.316 e. The van der Waals surface area contributed by atoms with Crippen molar-refractivity contribution < 1.29 is 14.3 Å². The van der Waals surface area contributed by atoms with Crippen molar-refractivity contribution in [3.8, 4) is 0 Å². The molecule has 0 aliphatic heterocycles. The normalized spacial score (nSPS) is 19.1. The molecule has 0 aromatic rings. The Labute approximate surface area is 97.5 Å². The maximum absolute atomic E-state index is 12.1. The lowest BCUT2D eigenvalue weighted by molar-refractivity contribution is -0.153. The van der Waals surface area contributed by atoms with Gasteiger partial charge in [0.05, 0.1) is 6.61 Å². The number of hydrogen-bond acceptors (Lipinski definition) is 3. The first-order chi connectivity index (χ1) is 7.70. The van der Waals surface area contributed by atoms with Gasteiger partial charge in [-0.25, -0.2) is 0 Å². The fourth-order valence-electron chi connectivity index (χ4n) is 2.40. The van der Waals surface area contributed by atoms with Crippen molar-refractivity contribution in [2.75, 3.05) is 6.61 Å². The quantitative estimate of drug-likeness (QED) is 0.534. The summed E-state index contributed by atoms with van der Waals surface area (Å²) >= 11 is 0. The van der Waals surface area contributed by atoms with Crippen LogP contribution in [0.1, 0.15) is 52.4 Å². The zero-order chi connectivity index (χ0) is 12.0. The van der Waals surface area contributed by atoms with Crippen molar-refractivity contribution >= 4 is 11.8 Å². The van der Waals surface area contributed by atoms with Gasteiger partial charge in [0.25, 0.3) is 0 Å². The third-order valence-corrected chi connectivity index (χ3v) is 3.33. The Bertz CT molecular complexity index is 242. The van der Waals surface area contributed by atoms with Crippen molar-refractivity contribution in [3.05, 3.63) is 0 Å². The Balaban J connectivity index is 2.57. The van der Waals surface area contributed by atoms with Crippen LogP contribution in [0.5, 0.6) is 0 Å². The average molecular weight is 226 g/mol. The van der Waals surface area contributed by atoms with Gasteiger partial charge in [0.2, 0.25) is 0 Å². The molecule has 0 spiro atoms. The summed E-state index contributed by atoms with van der Waals surface area (Å²) in [5, 5.41) is 0. The van der Waals surface area contributed by atoms with Crippen LogP contribution in [0.3, 0.4) is 0 Å². The van der Waals surface area contributed by atoms with Crippen LogP contribution >= 0.6 is 0 Å². The molecule has 0 aromatic heterocycles. The molecule has 1 atom stereocenters. The molecule has 92 valence electrons. The van der Waals surface area contributed by atoms with Gasteiger partial charge in [-0.15, -0.1) is 0 Å². The topological polar surface area (TPSA) is 43.4 Å². The van der Waals surface area contributed by atoms with Crippen LogP contribution in [-0.4, -0.2) is 18.4 Å². The number of rotatable bonds is 5. The molecule has 3 nitrogen and oxygen atoms in total. The van der Waals surface area contributed by atoms with Gasteiger partial charge in [-0.3, -0.25) is 9.59 Å². The smallest absolute Gasteiger partial charge is 0.316 e. The van der Waals surface area contributed by atoms with Crippen molar-refractivity contribution in [1.29, 1.82) is 0 Å². The second-order valence-electron chi connectivity index (χ2n) is 4.45. The van der Waals surface area contributed by atoms with E-state index in [9.17, 15) is 9.59 Å². The molecule has 0 N–H and O–H groups in total. The van der Waals surface area contributed by atoms with Gasteiger partial charge in [-0.1, -0.05) is 26.2 Å². The van der Waals surface area contributed by atoms with Crippen LogP contribution in [-0.2, 0) is 14.3 Å². The number of hydrogen-bond donors (Lipinski definition) is 0. The molecular weight excluding hydrogens is 204 g/mol. The zero-order valence-corrected chi connectivity index (χ0v) is 10.3. The van der Waals surface area contributed by atoms with Gasteiger partial charge in [-0.2, -0.15) is 0 Å². The predicted molar refractivity (Wildman–Crippen MR) is 62.0 cm³/mol. The lowest BCUT2D eigenvalue weighted by Crippen LogP contribution is -2.32. The number of carbonyl (C=O) groups excluding carboxylic acids is 2. The largest absolute Gasteiger partial charge is 0.465 e. The van der Waals surface area contributed by atoms with Crippen LogP contribution in [0.15, 0.2) is 0 Å². The number of ketones is 1. The summed E-state index contributed by atoms with van der Waals surface area (Å²) in [4.78, 5) is 23.8. The summed E-state index contributed by atoms with van der Waals surface area (Å²) in [6, 6.07) is 0. The van der Waals surface area contributed by atoms with Crippen LogP contribution in [0.25, 0.3) is 0 Å². The molecule has 0 heterocycles. The minimum absolute atomic E-state index is 0.100. The summed E-state index contributed by atoms with van der Waals surface area (Å²) < 4.78 is 4.95. The first-order valence-electron chi connectivity index (χ1n) is 6.41. The molecule has 3 heteroatoms. The highest BCUT2D eigenvalue weighted by atomic mass is 16.5. The highest BCUT2D eigenvalue weighted by Crippen LogP contribution is 2.27. The first kappa shape index (κ1) is 13.2. The molecule has 1 rings (SSSR count). The number of esters is 1. The van der Waals surface area contributed by atoms with E-state index < -0.39 is 5.92 Å². The van der Waals surface area contributed by atoms with Crippen LogP contribution < -0.4 is 0 Å². The first-order valence-corrected chi connectivity index (χ1v) is 6.41. The average Bonchev–Trinajstić information content (AvgIpc) is 2.31. The minimum Gasteiger partial charge on any atom is -0.465 e. The number of Topliss-reactive ketones (excluding diaryl/α,β-unsaturated/α-hetero) is 1. The molecule has 1 unspecified atom stereocenters. The van der Waals surface area contributed by atoms with Crippen LogP contribution in [0.2, 0.25) is 0 Å². The third-order valence-electron chi connectivity index (χ3n) is 3.33. The highest BCUT2D eigenvalue weighted by Gasteiger charge is 2.32. The molecular formula is C13H22O3. The Hall–Kier alpha value is -0.860. The second-order valence-corrected chi connectivity index (χ2v) is 4.45. The minimum atomic E-state index is -0.525. The molecule has 0 bridgehead atoms. The summed E-state index contributed by atoms with van der Waals surface area (Å²) in [5.41, 5.74) is 0. The van der Waals surface area contributed by atoms with E-state index in [1.807, 2.05) is 6.92 Å². The SMILES string of the molecule is CCOC(=O)C(CC)C(=O)C1CCCCC1. The Morgan fingerprint density at radius 3 is 2.31 bits per heavy atom. The molecule has 0 amide bonds. The number of carbonyl (C=O) groups is 2. The van der Waals surface area contributed by atoms with E-state index in [4.69, 9.17) is 4.74 Å². The van der Waals surface area contributed by atoms with Crippen molar-refractivity contribution in [2.24, 2.45) is 11.8 Å². The molecule has 0 saturated heterocycles. The van der Waals surface area contributed by atoms with Gasteiger partial charge in [-0.05, 0) is 26.2 Å². The molecule has 1 aliphatic carbocycles. The highest BCUT2D eigenvalue weighted by molar-refractivity contribution is 6.00. The van der Waals surface area contributed by atoms with E-state index in [2.05, 4.69) is 0 Å². The van der Waals surface area contributed by atoms with E-state index in [1.165, 1.54) is 6.42 Å². The van der Waals surface area contributed by atoms with Crippen molar-refractivity contribution in [3.63, 3.8) is 0 Å². The Kier molecular flexibility index (Phi) is 5.50. The lowest BCUT2D eigenvalue weighted by atomic mass is 9.81. The lowest BCUT2D eigenvalue weighted by Gasteiger charge is -2.23. The summed E-state index contributed by atoms with van der Waals surface area (Å²) in [5.74, 6) is -0.646. The van der Waals surface area contributed by atoms with E-state index in [0.717, 1.165) is 25.7 Å². The fourth-order valence-corrected chi connectivity index (χ4v) is 2.40. The summed E-state index contributed by atoms with van der Waals surface area (Å²) in [6.45, 7) is 4.01. The van der Waals surface area contributed by atoms with Gasteiger partial charge < -0.3 is 4.74 Å². The molecule has 16 heavy (non-hydrogen) atoms. The third kappa shape index (κ3) is 3.32.